The molecule has 1 aromatic carbocycles. The summed E-state index contributed by atoms with van der Waals surface area (Å²) in [6, 6.07) is 9.94. The predicted molar refractivity (Wildman–Crippen MR) is 87.4 cm³/mol. The van der Waals surface area contributed by atoms with Crippen molar-refractivity contribution in [2.24, 2.45) is 0 Å². The number of carbonyl (C=O) groups excluding carboxylic acids is 1. The molecule has 0 radical (unpaired) electrons. The number of alkyl halides is 1. The zero-order chi connectivity index (χ0) is 16.2. The number of carbonyl (C=O) groups is 1. The lowest BCUT2D eigenvalue weighted by atomic mass is 9.99. The van der Waals surface area contributed by atoms with Gasteiger partial charge in [-0.15, -0.1) is 11.6 Å². The van der Waals surface area contributed by atoms with Crippen molar-refractivity contribution in [3.8, 4) is 5.75 Å². The minimum absolute atomic E-state index is 0.0364. The number of hydrogen-bond donors (Lipinski definition) is 0. The van der Waals surface area contributed by atoms with Crippen LogP contribution in [0.1, 0.15) is 24.2 Å². The number of ether oxygens (including phenoxy) is 1. The Balaban J connectivity index is 1.51. The fourth-order valence-corrected chi connectivity index (χ4v) is 2.56. The van der Waals surface area contributed by atoms with Crippen LogP contribution >= 0.6 is 11.6 Å². The van der Waals surface area contributed by atoms with Crippen molar-refractivity contribution < 1.29 is 9.53 Å². The Hall–Kier alpha value is -2.14. The van der Waals surface area contributed by atoms with Crippen LogP contribution in [0.3, 0.4) is 0 Å². The van der Waals surface area contributed by atoms with Crippen molar-refractivity contribution in [3.05, 3.63) is 54.1 Å². The van der Waals surface area contributed by atoms with E-state index in [1.807, 2.05) is 30.3 Å². The van der Waals surface area contributed by atoms with Crippen LogP contribution in [0.4, 0.5) is 0 Å². The molecule has 0 saturated carbocycles. The lowest BCUT2D eigenvalue weighted by Crippen LogP contribution is -2.51. The fraction of sp³-hybridized carbons (Fsp3) is 0.353. The number of benzene rings is 1. The predicted octanol–water partition coefficient (Wildman–Crippen LogP) is 2.61. The fourth-order valence-electron chi connectivity index (χ4n) is 2.43. The van der Waals surface area contributed by atoms with Gasteiger partial charge in [-0.2, -0.15) is 0 Å². The molecule has 1 amide bonds. The Morgan fingerprint density at radius 2 is 1.96 bits per heavy atom. The van der Waals surface area contributed by atoms with Gasteiger partial charge in [0, 0.05) is 13.1 Å². The van der Waals surface area contributed by atoms with Crippen molar-refractivity contribution in [1.82, 2.24) is 14.9 Å². The average molecular weight is 332 g/mol. The van der Waals surface area contributed by atoms with Gasteiger partial charge in [-0.25, -0.2) is 9.97 Å². The number of nitrogens with zero attached hydrogens (tertiary/aromatic N) is 3. The molecule has 1 aliphatic rings. The normalized spacial score (nSPS) is 15.8. The first-order valence-electron chi connectivity index (χ1n) is 7.55. The molecule has 0 aliphatic carbocycles. The van der Waals surface area contributed by atoms with E-state index < -0.39 is 5.38 Å². The number of aromatic nitrogens is 2. The summed E-state index contributed by atoms with van der Waals surface area (Å²) in [5.41, 5.74) is 1.10. The minimum atomic E-state index is -0.481. The summed E-state index contributed by atoms with van der Waals surface area (Å²) in [5.74, 6) is 1.52. The molecule has 2 heterocycles. The quantitative estimate of drug-likeness (QED) is 0.790. The van der Waals surface area contributed by atoms with E-state index in [9.17, 15) is 4.79 Å². The van der Waals surface area contributed by atoms with Crippen LogP contribution in [0, 0.1) is 0 Å². The topological polar surface area (TPSA) is 55.3 Å². The summed E-state index contributed by atoms with van der Waals surface area (Å²) >= 11 is 5.80. The van der Waals surface area contributed by atoms with Crippen LogP contribution in [0.2, 0.25) is 0 Å². The third-order valence-electron chi connectivity index (χ3n) is 3.80. The highest BCUT2D eigenvalue weighted by Crippen LogP contribution is 2.26. The number of halogens is 1. The van der Waals surface area contributed by atoms with Gasteiger partial charge in [0.2, 0.25) is 5.91 Å². The van der Waals surface area contributed by atoms with Gasteiger partial charge in [0.15, 0.2) is 5.75 Å². The van der Waals surface area contributed by atoms with Gasteiger partial charge < -0.3 is 9.64 Å². The highest BCUT2D eigenvalue weighted by atomic mass is 35.5. The van der Waals surface area contributed by atoms with E-state index in [1.54, 1.807) is 24.2 Å². The van der Waals surface area contributed by atoms with Crippen LogP contribution in [-0.2, 0) is 11.4 Å². The maximum atomic E-state index is 11.7. The zero-order valence-corrected chi connectivity index (χ0v) is 13.6. The largest absolute Gasteiger partial charge is 0.486 e. The van der Waals surface area contributed by atoms with Gasteiger partial charge >= 0.3 is 0 Å². The second-order valence-electron chi connectivity index (χ2n) is 5.61. The van der Waals surface area contributed by atoms with Crippen LogP contribution in [-0.4, -0.2) is 39.2 Å². The van der Waals surface area contributed by atoms with Crippen molar-refractivity contribution in [2.75, 3.05) is 13.1 Å². The molecular formula is C17H18ClN3O2. The SMILES string of the molecule is CC(Cl)C(=O)N1CC(c2ncc(OCc3ccccc3)cn2)C1. The summed E-state index contributed by atoms with van der Waals surface area (Å²) in [6.07, 6.45) is 3.36. The van der Waals surface area contributed by atoms with Gasteiger partial charge in [0.05, 0.1) is 18.3 Å². The monoisotopic (exact) mass is 331 g/mol. The Morgan fingerprint density at radius 3 is 2.57 bits per heavy atom. The van der Waals surface area contributed by atoms with Crippen molar-refractivity contribution in [2.45, 2.75) is 24.8 Å². The van der Waals surface area contributed by atoms with E-state index >= 15 is 0 Å². The summed E-state index contributed by atoms with van der Waals surface area (Å²) < 4.78 is 5.66. The van der Waals surface area contributed by atoms with E-state index in [-0.39, 0.29) is 11.8 Å². The van der Waals surface area contributed by atoms with E-state index in [2.05, 4.69) is 9.97 Å². The summed E-state index contributed by atoms with van der Waals surface area (Å²) in [6.45, 7) is 3.43. The molecule has 120 valence electrons. The second kappa shape index (κ2) is 6.96. The molecule has 6 heteroatoms. The molecule has 2 aromatic rings. The van der Waals surface area contributed by atoms with E-state index in [0.717, 1.165) is 11.4 Å². The second-order valence-corrected chi connectivity index (χ2v) is 6.26. The van der Waals surface area contributed by atoms with E-state index in [1.165, 1.54) is 0 Å². The van der Waals surface area contributed by atoms with Gasteiger partial charge in [0.25, 0.3) is 0 Å². The molecule has 5 nitrogen and oxygen atoms in total. The van der Waals surface area contributed by atoms with Crippen LogP contribution in [0.5, 0.6) is 5.75 Å². The van der Waals surface area contributed by atoms with Gasteiger partial charge in [-0.3, -0.25) is 4.79 Å². The third kappa shape index (κ3) is 3.79. The first-order chi connectivity index (χ1) is 11.1. The van der Waals surface area contributed by atoms with E-state index in [0.29, 0.717) is 25.4 Å². The molecule has 1 unspecified atom stereocenters. The Kier molecular flexibility index (Phi) is 4.76. The maximum Gasteiger partial charge on any atom is 0.240 e. The number of amides is 1. The summed E-state index contributed by atoms with van der Waals surface area (Å²) in [4.78, 5) is 22.1. The first-order valence-corrected chi connectivity index (χ1v) is 7.98. The molecule has 3 rings (SSSR count). The Labute approximate surface area is 140 Å². The van der Waals surface area contributed by atoms with Crippen LogP contribution < -0.4 is 4.74 Å². The molecule has 1 atom stereocenters. The van der Waals surface area contributed by atoms with Crippen molar-refractivity contribution in [1.29, 1.82) is 0 Å². The summed E-state index contributed by atoms with van der Waals surface area (Å²) in [7, 11) is 0. The molecule has 1 aliphatic heterocycles. The lowest BCUT2D eigenvalue weighted by Gasteiger charge is -2.38. The third-order valence-corrected chi connectivity index (χ3v) is 3.98. The molecule has 0 bridgehead atoms. The maximum absolute atomic E-state index is 11.7. The molecule has 1 saturated heterocycles. The minimum Gasteiger partial charge on any atom is -0.486 e. The smallest absolute Gasteiger partial charge is 0.240 e. The average Bonchev–Trinajstić information content (AvgIpc) is 2.53. The summed E-state index contributed by atoms with van der Waals surface area (Å²) in [5, 5.41) is -0.481. The standard InChI is InChI=1S/C17H18ClN3O2/c1-12(18)17(22)21-9-14(10-21)16-19-7-15(8-20-16)23-11-13-5-3-2-4-6-13/h2-8,12,14H,9-11H2,1H3. The molecule has 0 spiro atoms. The molecule has 0 N–H and O–H groups in total. The molecule has 23 heavy (non-hydrogen) atoms. The van der Waals surface area contributed by atoms with Crippen LogP contribution in [0.25, 0.3) is 0 Å². The Bertz CT molecular complexity index is 655. The van der Waals surface area contributed by atoms with Crippen molar-refractivity contribution in [3.63, 3.8) is 0 Å². The zero-order valence-electron chi connectivity index (χ0n) is 12.9. The van der Waals surface area contributed by atoms with Gasteiger partial charge in [-0.05, 0) is 12.5 Å². The molecule has 1 fully saturated rings. The highest BCUT2D eigenvalue weighted by Gasteiger charge is 2.34. The van der Waals surface area contributed by atoms with E-state index in [4.69, 9.17) is 16.3 Å². The number of rotatable bonds is 5. The molecular weight excluding hydrogens is 314 g/mol. The van der Waals surface area contributed by atoms with Gasteiger partial charge in [-0.1, -0.05) is 30.3 Å². The number of hydrogen-bond acceptors (Lipinski definition) is 4. The number of likely N-dealkylation sites (tertiary alicyclic amines) is 1. The van der Waals surface area contributed by atoms with Gasteiger partial charge in [0.1, 0.15) is 17.8 Å². The van der Waals surface area contributed by atoms with Crippen molar-refractivity contribution >= 4 is 17.5 Å². The highest BCUT2D eigenvalue weighted by molar-refractivity contribution is 6.30. The lowest BCUT2D eigenvalue weighted by molar-refractivity contribution is -0.135. The van der Waals surface area contributed by atoms with Crippen LogP contribution in [0.15, 0.2) is 42.7 Å². The molecule has 1 aromatic heterocycles. The first kappa shape index (κ1) is 15.7. The Morgan fingerprint density at radius 1 is 1.30 bits per heavy atom.